The van der Waals surface area contributed by atoms with Gasteiger partial charge in [0.2, 0.25) is 0 Å². The lowest BCUT2D eigenvalue weighted by atomic mass is 9.64. The van der Waals surface area contributed by atoms with Crippen molar-refractivity contribution >= 4 is 11.5 Å². The van der Waals surface area contributed by atoms with Crippen molar-refractivity contribution in [2.75, 3.05) is 0 Å². The minimum atomic E-state index is -0.523. The van der Waals surface area contributed by atoms with Gasteiger partial charge >= 0.3 is 5.69 Å². The monoisotopic (exact) mass is 277 g/mol. The number of nitro groups is 1. The van der Waals surface area contributed by atoms with Gasteiger partial charge in [-0.2, -0.15) is 0 Å². The number of aryl methyl sites for hydroxylation is 2. The molecule has 0 radical (unpaired) electrons. The van der Waals surface area contributed by atoms with Gasteiger partial charge in [0.25, 0.3) is 0 Å². The SMILES string of the molecule is CCC1(C)C(=O)CC1Oc1c(C)cc(C)cc1[N+](=O)[O-]. The number of ether oxygens (including phenoxy) is 1. The standard InChI is InChI=1S/C15H19NO4/c1-5-15(4)12(17)8-13(15)20-14-10(3)6-9(2)7-11(14)16(18)19/h6-7,13H,5,8H2,1-4H3. The topological polar surface area (TPSA) is 69.4 Å². The number of ketones is 1. The van der Waals surface area contributed by atoms with Gasteiger partial charge in [0.1, 0.15) is 11.9 Å². The molecular formula is C15H19NO4. The minimum absolute atomic E-state index is 0.0275. The quantitative estimate of drug-likeness (QED) is 0.625. The number of nitrogens with zero attached hydrogens (tertiary/aromatic N) is 1. The van der Waals surface area contributed by atoms with Gasteiger partial charge in [-0.3, -0.25) is 14.9 Å². The van der Waals surface area contributed by atoms with Gasteiger partial charge < -0.3 is 4.74 Å². The van der Waals surface area contributed by atoms with Gasteiger partial charge in [-0.25, -0.2) is 0 Å². The Morgan fingerprint density at radius 2 is 2.10 bits per heavy atom. The largest absolute Gasteiger partial charge is 0.482 e. The molecular weight excluding hydrogens is 258 g/mol. The van der Waals surface area contributed by atoms with Gasteiger partial charge in [-0.15, -0.1) is 0 Å². The number of carbonyl (C=O) groups excluding carboxylic acids is 1. The van der Waals surface area contributed by atoms with E-state index in [0.717, 1.165) is 11.1 Å². The van der Waals surface area contributed by atoms with Crippen molar-refractivity contribution < 1.29 is 14.5 Å². The Hall–Kier alpha value is -1.91. The predicted octanol–water partition coefficient (Wildman–Crippen LogP) is 3.35. The highest BCUT2D eigenvalue weighted by Crippen LogP contribution is 2.44. The number of nitro benzene ring substituents is 1. The lowest BCUT2D eigenvalue weighted by Crippen LogP contribution is -2.54. The maximum atomic E-state index is 11.7. The summed E-state index contributed by atoms with van der Waals surface area (Å²) in [5.74, 6) is 0.454. The molecule has 1 aromatic rings. The smallest absolute Gasteiger partial charge is 0.311 e. The number of rotatable bonds is 4. The molecule has 1 saturated carbocycles. The van der Waals surface area contributed by atoms with Crippen LogP contribution in [0.5, 0.6) is 5.75 Å². The van der Waals surface area contributed by atoms with E-state index in [1.165, 1.54) is 6.07 Å². The molecule has 20 heavy (non-hydrogen) atoms. The van der Waals surface area contributed by atoms with E-state index in [1.807, 2.05) is 26.8 Å². The lowest BCUT2D eigenvalue weighted by molar-refractivity contribution is -0.386. The summed E-state index contributed by atoms with van der Waals surface area (Å²) in [6.07, 6.45) is 0.726. The Labute approximate surface area is 118 Å². The van der Waals surface area contributed by atoms with Gasteiger partial charge in [0.15, 0.2) is 5.75 Å². The van der Waals surface area contributed by atoms with Crippen LogP contribution >= 0.6 is 0 Å². The summed E-state index contributed by atoms with van der Waals surface area (Å²) in [4.78, 5) is 22.5. The van der Waals surface area contributed by atoms with Crippen molar-refractivity contribution in [2.24, 2.45) is 5.41 Å². The summed E-state index contributed by atoms with van der Waals surface area (Å²) in [5.41, 5.74) is 1.00. The molecule has 1 aliphatic rings. The zero-order chi connectivity index (χ0) is 15.1. The minimum Gasteiger partial charge on any atom is -0.482 e. The van der Waals surface area contributed by atoms with Gasteiger partial charge in [0.05, 0.1) is 10.3 Å². The summed E-state index contributed by atoms with van der Waals surface area (Å²) >= 11 is 0. The predicted molar refractivity (Wildman–Crippen MR) is 75.0 cm³/mol. The fourth-order valence-electron chi connectivity index (χ4n) is 2.63. The molecule has 2 atom stereocenters. The van der Waals surface area contributed by atoms with Crippen LogP contribution < -0.4 is 4.74 Å². The first-order valence-corrected chi connectivity index (χ1v) is 6.75. The Morgan fingerprint density at radius 3 is 2.60 bits per heavy atom. The maximum absolute atomic E-state index is 11.7. The van der Waals surface area contributed by atoms with Crippen LogP contribution in [0.3, 0.4) is 0 Å². The third-order valence-corrected chi connectivity index (χ3v) is 4.31. The molecule has 108 valence electrons. The molecule has 0 saturated heterocycles. The molecule has 0 aliphatic heterocycles. The van der Waals surface area contributed by atoms with E-state index in [2.05, 4.69) is 0 Å². The van der Waals surface area contributed by atoms with Crippen molar-refractivity contribution in [2.45, 2.75) is 46.6 Å². The second-order valence-corrected chi connectivity index (χ2v) is 5.69. The van der Waals surface area contributed by atoms with Gasteiger partial charge in [0, 0.05) is 12.5 Å². The van der Waals surface area contributed by atoms with E-state index < -0.39 is 10.3 Å². The second-order valence-electron chi connectivity index (χ2n) is 5.69. The van der Waals surface area contributed by atoms with Crippen LogP contribution in [0.25, 0.3) is 0 Å². The van der Waals surface area contributed by atoms with E-state index in [1.54, 1.807) is 6.92 Å². The zero-order valence-corrected chi connectivity index (χ0v) is 12.2. The molecule has 1 aliphatic carbocycles. The molecule has 5 nitrogen and oxygen atoms in total. The lowest BCUT2D eigenvalue weighted by Gasteiger charge is -2.44. The summed E-state index contributed by atoms with van der Waals surface area (Å²) in [6, 6.07) is 3.36. The Morgan fingerprint density at radius 1 is 1.45 bits per heavy atom. The molecule has 0 spiro atoms. The molecule has 5 heteroatoms. The van der Waals surface area contributed by atoms with Crippen molar-refractivity contribution in [3.63, 3.8) is 0 Å². The molecule has 0 amide bonds. The normalized spacial score (nSPS) is 25.2. The highest BCUT2D eigenvalue weighted by Gasteiger charge is 2.52. The summed E-state index contributed by atoms with van der Waals surface area (Å²) in [7, 11) is 0. The highest BCUT2D eigenvalue weighted by molar-refractivity contribution is 5.92. The van der Waals surface area contributed by atoms with Crippen molar-refractivity contribution in [3.8, 4) is 5.75 Å². The van der Waals surface area contributed by atoms with Gasteiger partial charge in [-0.1, -0.05) is 13.0 Å². The van der Waals surface area contributed by atoms with Crippen LogP contribution in [-0.2, 0) is 4.79 Å². The van der Waals surface area contributed by atoms with Crippen LogP contribution in [0.1, 0.15) is 37.8 Å². The summed E-state index contributed by atoms with van der Waals surface area (Å²) < 4.78 is 5.84. The fourth-order valence-corrected chi connectivity index (χ4v) is 2.63. The van der Waals surface area contributed by atoms with Crippen molar-refractivity contribution in [1.82, 2.24) is 0 Å². The number of carbonyl (C=O) groups is 1. The first-order valence-electron chi connectivity index (χ1n) is 6.75. The molecule has 1 aromatic carbocycles. The van der Waals surface area contributed by atoms with Gasteiger partial charge in [-0.05, 0) is 38.3 Å². The molecule has 0 aromatic heterocycles. The number of Topliss-reactive ketones (excluding diaryl/α,β-unsaturated/α-hetero) is 1. The summed E-state index contributed by atoms with van der Waals surface area (Å²) in [5, 5.41) is 11.2. The first-order chi connectivity index (χ1) is 9.29. The number of hydrogen-bond acceptors (Lipinski definition) is 4. The van der Waals surface area contributed by atoms with E-state index in [-0.39, 0.29) is 23.3 Å². The van der Waals surface area contributed by atoms with Crippen molar-refractivity contribution in [3.05, 3.63) is 33.4 Å². The Balaban J connectivity index is 2.35. The maximum Gasteiger partial charge on any atom is 0.311 e. The van der Waals surface area contributed by atoms with E-state index >= 15 is 0 Å². The van der Waals surface area contributed by atoms with Crippen LogP contribution in [0.2, 0.25) is 0 Å². The second kappa shape index (κ2) is 4.89. The zero-order valence-electron chi connectivity index (χ0n) is 12.2. The Bertz CT molecular complexity index is 581. The number of benzene rings is 1. The van der Waals surface area contributed by atoms with Crippen LogP contribution in [0.15, 0.2) is 12.1 Å². The van der Waals surface area contributed by atoms with Crippen LogP contribution in [0.4, 0.5) is 5.69 Å². The van der Waals surface area contributed by atoms with Crippen LogP contribution in [-0.4, -0.2) is 16.8 Å². The highest BCUT2D eigenvalue weighted by atomic mass is 16.6. The van der Waals surface area contributed by atoms with Crippen LogP contribution in [0, 0.1) is 29.4 Å². The third-order valence-electron chi connectivity index (χ3n) is 4.31. The molecule has 0 bridgehead atoms. The average Bonchev–Trinajstić information content (AvgIpc) is 2.38. The van der Waals surface area contributed by atoms with E-state index in [0.29, 0.717) is 12.8 Å². The molecule has 2 unspecified atom stereocenters. The Kier molecular flexibility index (Phi) is 3.54. The molecule has 2 rings (SSSR count). The molecule has 1 fully saturated rings. The van der Waals surface area contributed by atoms with Crippen molar-refractivity contribution in [1.29, 1.82) is 0 Å². The van der Waals surface area contributed by atoms with E-state index in [4.69, 9.17) is 4.74 Å². The average molecular weight is 277 g/mol. The van der Waals surface area contributed by atoms with E-state index in [9.17, 15) is 14.9 Å². The molecule has 0 heterocycles. The number of hydrogen-bond donors (Lipinski definition) is 0. The summed E-state index contributed by atoms with van der Waals surface area (Å²) in [6.45, 7) is 7.40. The first kappa shape index (κ1) is 14.5. The fraction of sp³-hybridized carbons (Fsp3) is 0.533. The molecule has 0 N–H and O–H groups in total. The third kappa shape index (κ3) is 2.17.